The van der Waals surface area contributed by atoms with Crippen molar-refractivity contribution in [2.45, 2.75) is 22.8 Å². The van der Waals surface area contributed by atoms with Gasteiger partial charge in [0.1, 0.15) is 0 Å². The van der Waals surface area contributed by atoms with Gasteiger partial charge in [-0.2, -0.15) is 0 Å². The highest BCUT2D eigenvalue weighted by Gasteiger charge is 2.17. The molecular formula is C22H25BrN2OS. The monoisotopic (exact) mass is 444 g/mol. The SMILES string of the molecule is Cn1c(Sc2ccc(Br)cc2)c(CCCN2CCOCC2)c2ccccc21. The van der Waals surface area contributed by atoms with E-state index >= 15 is 0 Å². The molecule has 142 valence electrons. The molecule has 27 heavy (non-hydrogen) atoms. The topological polar surface area (TPSA) is 17.4 Å². The van der Waals surface area contributed by atoms with Crippen LogP contribution < -0.4 is 0 Å². The van der Waals surface area contributed by atoms with Crippen LogP contribution in [0.15, 0.2) is 62.9 Å². The van der Waals surface area contributed by atoms with Gasteiger partial charge in [-0.3, -0.25) is 4.90 Å². The molecule has 1 fully saturated rings. The molecule has 0 N–H and O–H groups in total. The van der Waals surface area contributed by atoms with E-state index in [9.17, 15) is 0 Å². The first-order valence-corrected chi connectivity index (χ1v) is 11.1. The highest BCUT2D eigenvalue weighted by molar-refractivity contribution is 9.10. The minimum atomic E-state index is 0.874. The summed E-state index contributed by atoms with van der Waals surface area (Å²) in [6.45, 7) is 5.03. The first-order valence-electron chi connectivity index (χ1n) is 9.52. The minimum Gasteiger partial charge on any atom is -0.379 e. The van der Waals surface area contributed by atoms with Gasteiger partial charge in [-0.05, 0) is 55.3 Å². The van der Waals surface area contributed by atoms with Crippen LogP contribution >= 0.6 is 27.7 Å². The molecule has 1 aliphatic heterocycles. The van der Waals surface area contributed by atoms with Crippen molar-refractivity contribution in [1.29, 1.82) is 0 Å². The van der Waals surface area contributed by atoms with E-state index in [1.165, 1.54) is 32.8 Å². The van der Waals surface area contributed by atoms with Gasteiger partial charge in [0.15, 0.2) is 0 Å². The molecule has 3 aromatic rings. The number of fused-ring (bicyclic) bond motifs is 1. The standard InChI is InChI=1S/C22H25BrN2OS/c1-24-21-7-3-2-5-19(21)20(6-4-12-25-13-15-26-16-14-25)22(24)27-18-10-8-17(23)9-11-18/h2-3,5,7-11H,4,6,12-16H2,1H3. The number of hydrogen-bond acceptors (Lipinski definition) is 3. The van der Waals surface area contributed by atoms with E-state index in [0.29, 0.717) is 0 Å². The van der Waals surface area contributed by atoms with Crippen LogP contribution in [0.5, 0.6) is 0 Å². The summed E-state index contributed by atoms with van der Waals surface area (Å²) in [5.41, 5.74) is 2.80. The maximum absolute atomic E-state index is 5.47. The fraction of sp³-hybridized carbons (Fsp3) is 0.364. The number of benzene rings is 2. The summed E-state index contributed by atoms with van der Waals surface area (Å²) in [4.78, 5) is 3.80. The maximum atomic E-state index is 5.47. The molecule has 0 saturated carbocycles. The predicted molar refractivity (Wildman–Crippen MR) is 117 cm³/mol. The first kappa shape index (κ1) is 19.1. The lowest BCUT2D eigenvalue weighted by molar-refractivity contribution is 0.0374. The Labute approximate surface area is 173 Å². The van der Waals surface area contributed by atoms with Gasteiger partial charge < -0.3 is 9.30 Å². The van der Waals surface area contributed by atoms with Crippen molar-refractivity contribution >= 4 is 38.6 Å². The number of morpholine rings is 1. The molecular weight excluding hydrogens is 420 g/mol. The summed E-state index contributed by atoms with van der Waals surface area (Å²) >= 11 is 5.40. The van der Waals surface area contributed by atoms with Crippen molar-refractivity contribution in [2.24, 2.45) is 7.05 Å². The highest BCUT2D eigenvalue weighted by atomic mass is 79.9. The second-order valence-electron chi connectivity index (χ2n) is 6.97. The molecule has 1 aromatic heterocycles. The van der Waals surface area contributed by atoms with Gasteiger partial charge in [0.05, 0.1) is 18.2 Å². The van der Waals surface area contributed by atoms with Crippen LogP contribution in [0.2, 0.25) is 0 Å². The fourth-order valence-electron chi connectivity index (χ4n) is 3.74. The third kappa shape index (κ3) is 4.43. The smallest absolute Gasteiger partial charge is 0.0837 e. The lowest BCUT2D eigenvalue weighted by Crippen LogP contribution is -2.36. The van der Waals surface area contributed by atoms with Crippen LogP contribution in [0.1, 0.15) is 12.0 Å². The van der Waals surface area contributed by atoms with Crippen LogP contribution in [0.25, 0.3) is 10.9 Å². The Morgan fingerprint density at radius 1 is 1.04 bits per heavy atom. The zero-order valence-corrected chi connectivity index (χ0v) is 18.1. The molecule has 3 nitrogen and oxygen atoms in total. The van der Waals surface area contributed by atoms with Crippen molar-refractivity contribution < 1.29 is 4.74 Å². The second-order valence-corrected chi connectivity index (χ2v) is 8.95. The van der Waals surface area contributed by atoms with E-state index in [1.54, 1.807) is 0 Å². The molecule has 0 atom stereocenters. The Kier molecular flexibility index (Phi) is 6.23. The number of aromatic nitrogens is 1. The predicted octanol–water partition coefficient (Wildman–Crippen LogP) is 5.36. The average molecular weight is 445 g/mol. The van der Waals surface area contributed by atoms with Gasteiger partial charge in [0, 0.05) is 40.4 Å². The molecule has 0 radical (unpaired) electrons. The number of hydrogen-bond donors (Lipinski definition) is 0. The van der Waals surface area contributed by atoms with E-state index in [4.69, 9.17) is 4.74 Å². The summed E-state index contributed by atoms with van der Waals surface area (Å²) in [5.74, 6) is 0. The molecule has 2 aromatic carbocycles. The van der Waals surface area contributed by atoms with Gasteiger partial charge in [-0.1, -0.05) is 45.9 Å². The molecule has 1 aliphatic rings. The lowest BCUT2D eigenvalue weighted by atomic mass is 10.1. The Bertz CT molecular complexity index is 901. The van der Waals surface area contributed by atoms with Crippen molar-refractivity contribution in [3.63, 3.8) is 0 Å². The van der Waals surface area contributed by atoms with Crippen LogP contribution in [0.3, 0.4) is 0 Å². The lowest BCUT2D eigenvalue weighted by Gasteiger charge is -2.26. The number of nitrogens with zero attached hydrogens (tertiary/aromatic N) is 2. The first-order chi connectivity index (χ1) is 13.2. The molecule has 0 unspecified atom stereocenters. The third-order valence-corrected chi connectivity index (χ3v) is 6.94. The quantitative estimate of drug-likeness (QED) is 0.509. The minimum absolute atomic E-state index is 0.874. The molecule has 5 heteroatoms. The van der Waals surface area contributed by atoms with Gasteiger partial charge in [0.25, 0.3) is 0 Å². The summed E-state index contributed by atoms with van der Waals surface area (Å²) in [6.07, 6.45) is 2.29. The molecule has 0 spiro atoms. The van der Waals surface area contributed by atoms with Crippen LogP contribution in [-0.4, -0.2) is 42.3 Å². The zero-order valence-electron chi connectivity index (χ0n) is 15.7. The van der Waals surface area contributed by atoms with Crippen molar-refractivity contribution in [2.75, 3.05) is 32.8 Å². The van der Waals surface area contributed by atoms with Gasteiger partial charge in [-0.15, -0.1) is 0 Å². The van der Waals surface area contributed by atoms with Crippen LogP contribution in [-0.2, 0) is 18.2 Å². The molecule has 4 rings (SSSR count). The normalized spacial score (nSPS) is 15.5. The number of halogens is 1. The third-order valence-electron chi connectivity index (χ3n) is 5.19. The van der Waals surface area contributed by atoms with Crippen molar-refractivity contribution in [3.8, 4) is 0 Å². The van der Waals surface area contributed by atoms with E-state index in [1.807, 2.05) is 11.8 Å². The Balaban J connectivity index is 1.58. The Hall–Kier alpha value is -1.27. The van der Waals surface area contributed by atoms with E-state index < -0.39 is 0 Å². The fourth-order valence-corrected chi connectivity index (χ4v) is 5.07. The largest absolute Gasteiger partial charge is 0.379 e. The number of ether oxygens (including phenoxy) is 1. The van der Waals surface area contributed by atoms with Crippen LogP contribution in [0, 0.1) is 0 Å². The summed E-state index contributed by atoms with van der Waals surface area (Å²) < 4.78 is 8.94. The molecule has 2 heterocycles. The summed E-state index contributed by atoms with van der Waals surface area (Å²) in [5, 5.41) is 2.75. The van der Waals surface area contributed by atoms with Crippen LogP contribution in [0.4, 0.5) is 0 Å². The highest BCUT2D eigenvalue weighted by Crippen LogP contribution is 2.37. The second kappa shape index (κ2) is 8.82. The molecule has 0 bridgehead atoms. The number of rotatable bonds is 6. The van der Waals surface area contributed by atoms with Gasteiger partial charge in [0.2, 0.25) is 0 Å². The number of aryl methyl sites for hydroxylation is 2. The number of para-hydroxylation sites is 1. The summed E-state index contributed by atoms with van der Waals surface area (Å²) in [6, 6.07) is 17.4. The Morgan fingerprint density at radius 2 is 1.78 bits per heavy atom. The molecule has 1 saturated heterocycles. The van der Waals surface area contributed by atoms with E-state index in [-0.39, 0.29) is 0 Å². The maximum Gasteiger partial charge on any atom is 0.0837 e. The van der Waals surface area contributed by atoms with Crippen molar-refractivity contribution in [3.05, 3.63) is 58.6 Å². The summed E-state index contributed by atoms with van der Waals surface area (Å²) in [7, 11) is 2.19. The van der Waals surface area contributed by atoms with E-state index in [2.05, 4.69) is 81.0 Å². The molecule has 0 aliphatic carbocycles. The van der Waals surface area contributed by atoms with Gasteiger partial charge >= 0.3 is 0 Å². The zero-order chi connectivity index (χ0) is 18.6. The van der Waals surface area contributed by atoms with E-state index in [0.717, 1.165) is 43.7 Å². The van der Waals surface area contributed by atoms with Gasteiger partial charge in [-0.25, -0.2) is 0 Å². The average Bonchev–Trinajstić information content (AvgIpc) is 2.97. The Morgan fingerprint density at radius 3 is 2.56 bits per heavy atom. The molecule has 0 amide bonds. The van der Waals surface area contributed by atoms with Crippen molar-refractivity contribution in [1.82, 2.24) is 9.47 Å².